The molecule has 1 aliphatic rings. The summed E-state index contributed by atoms with van der Waals surface area (Å²) in [6, 6.07) is 11.8. The van der Waals surface area contributed by atoms with E-state index in [4.69, 9.17) is 14.4 Å². The molecule has 1 aromatic carbocycles. The number of aromatic nitrogens is 1. The summed E-state index contributed by atoms with van der Waals surface area (Å²) >= 11 is 0. The van der Waals surface area contributed by atoms with Crippen LogP contribution in [0.1, 0.15) is 26.0 Å². The Labute approximate surface area is 141 Å². The van der Waals surface area contributed by atoms with Gasteiger partial charge in [0.2, 0.25) is 0 Å². The van der Waals surface area contributed by atoms with E-state index < -0.39 is 5.97 Å². The van der Waals surface area contributed by atoms with Gasteiger partial charge in [0.25, 0.3) is 0 Å². The summed E-state index contributed by atoms with van der Waals surface area (Å²) in [6.45, 7) is 5.79. The fourth-order valence-electron chi connectivity index (χ4n) is 2.88. The third-order valence-corrected chi connectivity index (χ3v) is 4.33. The van der Waals surface area contributed by atoms with Crippen LogP contribution in [0.5, 0.6) is 0 Å². The second-order valence-corrected chi connectivity index (χ2v) is 6.77. The van der Waals surface area contributed by atoms with Crippen LogP contribution in [-0.2, 0) is 16.1 Å². The van der Waals surface area contributed by atoms with Crippen molar-refractivity contribution in [1.29, 1.82) is 0 Å². The molecule has 0 radical (unpaired) electrons. The number of carboxylic acid groups (broad SMARTS) is 1. The number of aliphatic carboxylic acids is 1. The first-order valence-electron chi connectivity index (χ1n) is 8.03. The van der Waals surface area contributed by atoms with Gasteiger partial charge in [0.1, 0.15) is 5.69 Å². The molecular formula is C18H22N2O4. The quantitative estimate of drug-likeness (QED) is 0.908. The van der Waals surface area contributed by atoms with Crippen molar-refractivity contribution in [2.75, 3.05) is 13.2 Å². The van der Waals surface area contributed by atoms with E-state index in [1.54, 1.807) is 0 Å². The van der Waals surface area contributed by atoms with E-state index in [2.05, 4.69) is 23.9 Å². The van der Waals surface area contributed by atoms with E-state index in [9.17, 15) is 4.79 Å². The molecule has 1 aliphatic heterocycles. The first-order chi connectivity index (χ1) is 11.4. The molecule has 1 atom stereocenters. The average Bonchev–Trinajstić information content (AvgIpc) is 3.00. The van der Waals surface area contributed by atoms with E-state index in [1.807, 2.05) is 36.4 Å². The Balaban J connectivity index is 1.71. The Hall–Kier alpha value is -2.18. The smallest absolute Gasteiger partial charge is 0.306 e. The highest BCUT2D eigenvalue weighted by Crippen LogP contribution is 2.27. The first kappa shape index (κ1) is 16.7. The Bertz CT molecular complexity index is 696. The summed E-state index contributed by atoms with van der Waals surface area (Å²) in [6.07, 6.45) is -0.287. The molecule has 128 valence electrons. The molecule has 6 nitrogen and oxygen atoms in total. The van der Waals surface area contributed by atoms with E-state index in [0.717, 1.165) is 17.0 Å². The molecule has 3 rings (SSSR count). The number of nitrogens with zero attached hydrogens (tertiary/aromatic N) is 2. The monoisotopic (exact) mass is 330 g/mol. The Kier molecular flexibility index (Phi) is 4.69. The molecule has 2 aromatic rings. The van der Waals surface area contributed by atoms with Gasteiger partial charge in [-0.25, -0.2) is 0 Å². The molecule has 24 heavy (non-hydrogen) atoms. The van der Waals surface area contributed by atoms with Crippen molar-refractivity contribution in [2.45, 2.75) is 38.5 Å². The van der Waals surface area contributed by atoms with Crippen molar-refractivity contribution < 1.29 is 19.2 Å². The second-order valence-electron chi connectivity index (χ2n) is 6.77. The van der Waals surface area contributed by atoms with Crippen molar-refractivity contribution >= 4 is 5.97 Å². The van der Waals surface area contributed by atoms with Crippen molar-refractivity contribution in [3.63, 3.8) is 0 Å². The number of rotatable bonds is 5. The lowest BCUT2D eigenvalue weighted by atomic mass is 9.99. The lowest BCUT2D eigenvalue weighted by Crippen LogP contribution is -2.55. The van der Waals surface area contributed by atoms with Gasteiger partial charge in [-0.3, -0.25) is 9.69 Å². The number of benzene rings is 1. The van der Waals surface area contributed by atoms with Gasteiger partial charge in [-0.1, -0.05) is 35.5 Å². The first-order valence-corrected chi connectivity index (χ1v) is 8.03. The maximum absolute atomic E-state index is 10.9. The van der Waals surface area contributed by atoms with Gasteiger partial charge in [0.05, 0.1) is 25.7 Å². The highest BCUT2D eigenvalue weighted by molar-refractivity contribution is 5.67. The van der Waals surface area contributed by atoms with Crippen LogP contribution >= 0.6 is 0 Å². The van der Waals surface area contributed by atoms with Crippen molar-refractivity contribution in [3.8, 4) is 11.3 Å². The molecule has 0 saturated carbocycles. The van der Waals surface area contributed by atoms with Crippen LogP contribution in [0.25, 0.3) is 11.3 Å². The van der Waals surface area contributed by atoms with Crippen molar-refractivity contribution in [3.05, 3.63) is 42.2 Å². The summed E-state index contributed by atoms with van der Waals surface area (Å²) in [5.74, 6) is -0.0800. The fraction of sp³-hybridized carbons (Fsp3) is 0.444. The maximum atomic E-state index is 10.9. The minimum absolute atomic E-state index is 0.0122. The van der Waals surface area contributed by atoms with Crippen LogP contribution in [0.3, 0.4) is 0 Å². The predicted octanol–water partition coefficient (Wildman–Crippen LogP) is 2.80. The minimum atomic E-state index is -0.842. The summed E-state index contributed by atoms with van der Waals surface area (Å²) in [4.78, 5) is 13.1. The molecule has 1 saturated heterocycles. The van der Waals surface area contributed by atoms with Crippen LogP contribution in [0.2, 0.25) is 0 Å². The van der Waals surface area contributed by atoms with Gasteiger partial charge in [-0.2, -0.15) is 0 Å². The SMILES string of the molecule is CC1(C)COC(CC(=O)O)CN1Cc1cc(-c2ccccc2)no1. The number of ether oxygens (including phenoxy) is 1. The number of hydrogen-bond donors (Lipinski definition) is 1. The molecule has 2 heterocycles. The standard InChI is InChI=1S/C18H22N2O4/c1-18(2)12-23-14(9-17(21)22)10-20(18)11-15-8-16(19-24-15)13-6-4-3-5-7-13/h3-8,14H,9-12H2,1-2H3,(H,21,22). The van der Waals surface area contributed by atoms with Crippen molar-refractivity contribution in [2.24, 2.45) is 0 Å². The van der Waals surface area contributed by atoms with Crippen LogP contribution in [0.4, 0.5) is 0 Å². The van der Waals surface area contributed by atoms with Crippen LogP contribution in [0, 0.1) is 0 Å². The molecule has 6 heteroatoms. The largest absolute Gasteiger partial charge is 0.481 e. The highest BCUT2D eigenvalue weighted by Gasteiger charge is 2.36. The molecule has 0 spiro atoms. The average molecular weight is 330 g/mol. The third kappa shape index (κ3) is 3.83. The zero-order chi connectivity index (χ0) is 17.2. The lowest BCUT2D eigenvalue weighted by molar-refractivity contribution is -0.148. The zero-order valence-electron chi connectivity index (χ0n) is 13.9. The highest BCUT2D eigenvalue weighted by atomic mass is 16.5. The maximum Gasteiger partial charge on any atom is 0.306 e. The van der Waals surface area contributed by atoms with E-state index in [0.29, 0.717) is 19.7 Å². The third-order valence-electron chi connectivity index (χ3n) is 4.33. The topological polar surface area (TPSA) is 75.8 Å². The number of carboxylic acids is 1. The molecule has 1 unspecified atom stereocenters. The summed E-state index contributed by atoms with van der Waals surface area (Å²) < 4.78 is 11.2. The molecule has 1 N–H and O–H groups in total. The van der Waals surface area contributed by atoms with Crippen molar-refractivity contribution in [1.82, 2.24) is 10.1 Å². The van der Waals surface area contributed by atoms with Crippen LogP contribution in [0.15, 0.2) is 40.9 Å². The molecule has 0 amide bonds. The van der Waals surface area contributed by atoms with E-state index in [-0.39, 0.29) is 18.1 Å². The van der Waals surface area contributed by atoms with Gasteiger partial charge < -0.3 is 14.4 Å². The van der Waals surface area contributed by atoms with Crippen LogP contribution in [-0.4, -0.2) is 45.9 Å². The Morgan fingerprint density at radius 1 is 1.38 bits per heavy atom. The molecule has 0 aliphatic carbocycles. The van der Waals surface area contributed by atoms with E-state index in [1.165, 1.54) is 0 Å². The Morgan fingerprint density at radius 3 is 2.83 bits per heavy atom. The van der Waals surface area contributed by atoms with Gasteiger partial charge >= 0.3 is 5.97 Å². The van der Waals surface area contributed by atoms with Gasteiger partial charge in [0, 0.05) is 23.7 Å². The molecule has 1 aromatic heterocycles. The number of morpholine rings is 1. The molecule has 1 fully saturated rings. The summed E-state index contributed by atoms with van der Waals surface area (Å²) in [7, 11) is 0. The molecule has 0 bridgehead atoms. The summed E-state index contributed by atoms with van der Waals surface area (Å²) in [5, 5.41) is 13.1. The minimum Gasteiger partial charge on any atom is -0.481 e. The molecular weight excluding hydrogens is 308 g/mol. The van der Waals surface area contributed by atoms with Gasteiger partial charge in [-0.05, 0) is 13.8 Å². The van der Waals surface area contributed by atoms with E-state index >= 15 is 0 Å². The normalized spacial score (nSPS) is 20.8. The zero-order valence-corrected chi connectivity index (χ0v) is 13.9. The fourth-order valence-corrected chi connectivity index (χ4v) is 2.88. The van der Waals surface area contributed by atoms with Gasteiger partial charge in [-0.15, -0.1) is 0 Å². The second kappa shape index (κ2) is 6.75. The van der Waals surface area contributed by atoms with Gasteiger partial charge in [0.15, 0.2) is 5.76 Å². The lowest BCUT2D eigenvalue weighted by Gasteiger charge is -2.44. The van der Waals surface area contributed by atoms with Crippen LogP contribution < -0.4 is 0 Å². The summed E-state index contributed by atoms with van der Waals surface area (Å²) in [5.41, 5.74) is 1.63. The predicted molar refractivity (Wildman–Crippen MR) is 88.4 cm³/mol. The Morgan fingerprint density at radius 2 is 2.12 bits per heavy atom. The number of hydrogen-bond acceptors (Lipinski definition) is 5. The number of carbonyl (C=O) groups is 1.